The molecule has 0 aromatic carbocycles. The quantitative estimate of drug-likeness (QED) is 0.676. The van der Waals surface area contributed by atoms with E-state index in [-0.39, 0.29) is 5.91 Å². The Morgan fingerprint density at radius 3 is 2.00 bits per heavy atom. The number of nitrogens with zero attached hydrogens (tertiary/aromatic N) is 2. The molecule has 1 saturated heterocycles. The van der Waals surface area contributed by atoms with Crippen LogP contribution >= 0.6 is 0 Å². The first-order valence-electron chi connectivity index (χ1n) is 5.72. The molecule has 0 N–H and O–H groups in total. The van der Waals surface area contributed by atoms with Crippen molar-refractivity contribution in [1.82, 2.24) is 9.80 Å². The van der Waals surface area contributed by atoms with Crippen molar-refractivity contribution in [3.63, 3.8) is 0 Å². The highest BCUT2D eigenvalue weighted by atomic mass is 16.2. The number of rotatable bonds is 2. The van der Waals surface area contributed by atoms with Gasteiger partial charge in [0.1, 0.15) is 0 Å². The van der Waals surface area contributed by atoms with Gasteiger partial charge in [0.2, 0.25) is 5.91 Å². The van der Waals surface area contributed by atoms with Crippen molar-refractivity contribution in [2.24, 2.45) is 0 Å². The molecule has 1 amide bonds. The molecule has 0 radical (unpaired) electrons. The van der Waals surface area contributed by atoms with E-state index in [1.54, 1.807) is 6.92 Å². The Bertz CT molecular complexity index is 151. The van der Waals surface area contributed by atoms with Crippen molar-refractivity contribution in [3.8, 4) is 0 Å². The Kier molecular flexibility index (Phi) is 7.48. The number of hydrogen-bond donors (Lipinski definition) is 0. The second-order valence-electron chi connectivity index (χ2n) is 3.35. The predicted molar refractivity (Wildman–Crippen MR) is 60.3 cm³/mol. The van der Waals surface area contributed by atoms with Gasteiger partial charge in [-0.15, -0.1) is 0 Å². The van der Waals surface area contributed by atoms with E-state index in [2.05, 4.69) is 11.8 Å². The standard InChI is InChI=1S/C9H18N2O.C2H6/c1-3-4-10-5-7-11(8-6-10)9(2)12;1-2/h3-8H2,1-2H3;1-2H3. The summed E-state index contributed by atoms with van der Waals surface area (Å²) in [6, 6.07) is 0. The summed E-state index contributed by atoms with van der Waals surface area (Å²) in [6.45, 7) is 12.9. The van der Waals surface area contributed by atoms with Crippen LogP contribution in [-0.4, -0.2) is 48.4 Å². The molecule has 3 nitrogen and oxygen atoms in total. The summed E-state index contributed by atoms with van der Waals surface area (Å²) in [5.74, 6) is 0.214. The zero-order valence-corrected chi connectivity index (χ0v) is 10.0. The van der Waals surface area contributed by atoms with Crippen molar-refractivity contribution >= 4 is 5.91 Å². The third-order valence-electron chi connectivity index (χ3n) is 2.36. The summed E-state index contributed by atoms with van der Waals surface area (Å²) in [4.78, 5) is 15.3. The van der Waals surface area contributed by atoms with Crippen molar-refractivity contribution in [1.29, 1.82) is 0 Å². The maximum Gasteiger partial charge on any atom is 0.219 e. The molecule has 1 rings (SSSR count). The predicted octanol–water partition coefficient (Wildman–Crippen LogP) is 1.59. The summed E-state index contributed by atoms with van der Waals surface area (Å²) < 4.78 is 0. The van der Waals surface area contributed by atoms with Crippen molar-refractivity contribution in [3.05, 3.63) is 0 Å². The second-order valence-corrected chi connectivity index (χ2v) is 3.35. The van der Waals surface area contributed by atoms with Gasteiger partial charge in [0, 0.05) is 33.1 Å². The minimum absolute atomic E-state index is 0.214. The first kappa shape index (κ1) is 13.4. The second kappa shape index (κ2) is 7.80. The van der Waals surface area contributed by atoms with Crippen LogP contribution in [0.5, 0.6) is 0 Å². The molecule has 84 valence electrons. The summed E-state index contributed by atoms with van der Waals surface area (Å²) in [5, 5.41) is 0. The van der Waals surface area contributed by atoms with Crippen LogP contribution in [0.3, 0.4) is 0 Å². The number of carbonyl (C=O) groups excluding carboxylic acids is 1. The number of hydrogen-bond acceptors (Lipinski definition) is 2. The van der Waals surface area contributed by atoms with Crippen molar-refractivity contribution in [2.45, 2.75) is 34.1 Å². The lowest BCUT2D eigenvalue weighted by molar-refractivity contribution is -0.130. The van der Waals surface area contributed by atoms with Gasteiger partial charge in [-0.2, -0.15) is 0 Å². The molecule has 0 aromatic rings. The Labute approximate surface area is 88.1 Å². The molecule has 14 heavy (non-hydrogen) atoms. The SMILES string of the molecule is CC.CCCN1CCN(C(C)=O)CC1. The van der Waals surface area contributed by atoms with Gasteiger partial charge >= 0.3 is 0 Å². The van der Waals surface area contributed by atoms with E-state index < -0.39 is 0 Å². The van der Waals surface area contributed by atoms with Crippen LogP contribution in [0.2, 0.25) is 0 Å². The van der Waals surface area contributed by atoms with E-state index in [1.165, 1.54) is 13.0 Å². The fourth-order valence-corrected chi connectivity index (χ4v) is 1.60. The highest BCUT2D eigenvalue weighted by molar-refractivity contribution is 5.73. The largest absolute Gasteiger partial charge is 0.340 e. The minimum Gasteiger partial charge on any atom is -0.340 e. The zero-order chi connectivity index (χ0) is 11.0. The van der Waals surface area contributed by atoms with Gasteiger partial charge in [-0.25, -0.2) is 0 Å². The van der Waals surface area contributed by atoms with E-state index in [0.29, 0.717) is 0 Å². The molecule has 0 bridgehead atoms. The molecule has 1 heterocycles. The zero-order valence-electron chi connectivity index (χ0n) is 10.0. The van der Waals surface area contributed by atoms with Gasteiger partial charge in [0.05, 0.1) is 0 Å². The number of amides is 1. The molecule has 0 saturated carbocycles. The normalized spacial score (nSPS) is 17.3. The highest BCUT2D eigenvalue weighted by Gasteiger charge is 2.16. The van der Waals surface area contributed by atoms with Gasteiger partial charge in [-0.3, -0.25) is 9.69 Å². The van der Waals surface area contributed by atoms with Gasteiger partial charge < -0.3 is 4.90 Å². The number of carbonyl (C=O) groups is 1. The third-order valence-corrected chi connectivity index (χ3v) is 2.36. The maximum atomic E-state index is 11.0. The van der Waals surface area contributed by atoms with Crippen molar-refractivity contribution < 1.29 is 4.79 Å². The molecule has 0 aromatic heterocycles. The smallest absolute Gasteiger partial charge is 0.219 e. The van der Waals surface area contributed by atoms with Crippen LogP contribution < -0.4 is 0 Å². The highest BCUT2D eigenvalue weighted by Crippen LogP contribution is 2.01. The molecule has 0 unspecified atom stereocenters. The maximum absolute atomic E-state index is 11.0. The van der Waals surface area contributed by atoms with E-state index in [4.69, 9.17) is 0 Å². The summed E-state index contributed by atoms with van der Waals surface area (Å²) >= 11 is 0. The van der Waals surface area contributed by atoms with E-state index >= 15 is 0 Å². The van der Waals surface area contributed by atoms with E-state index in [0.717, 1.165) is 26.2 Å². The third kappa shape index (κ3) is 4.61. The Morgan fingerprint density at radius 2 is 1.64 bits per heavy atom. The molecular formula is C11H24N2O. The molecule has 1 aliphatic rings. The fraction of sp³-hybridized carbons (Fsp3) is 0.909. The topological polar surface area (TPSA) is 23.6 Å². The summed E-state index contributed by atoms with van der Waals surface area (Å²) in [7, 11) is 0. The number of piperazine rings is 1. The lowest BCUT2D eigenvalue weighted by atomic mass is 10.3. The Morgan fingerprint density at radius 1 is 1.14 bits per heavy atom. The van der Waals surface area contributed by atoms with Crippen LogP contribution in [0.1, 0.15) is 34.1 Å². The van der Waals surface area contributed by atoms with Crippen LogP contribution in [0.25, 0.3) is 0 Å². The van der Waals surface area contributed by atoms with Crippen LogP contribution in [0.15, 0.2) is 0 Å². The average molecular weight is 200 g/mol. The van der Waals surface area contributed by atoms with Gasteiger partial charge in [0.15, 0.2) is 0 Å². The molecule has 1 aliphatic heterocycles. The summed E-state index contributed by atoms with van der Waals surface area (Å²) in [5.41, 5.74) is 0. The van der Waals surface area contributed by atoms with Crippen molar-refractivity contribution in [2.75, 3.05) is 32.7 Å². The molecule has 0 aliphatic carbocycles. The molecule has 0 atom stereocenters. The van der Waals surface area contributed by atoms with E-state index in [1.807, 2.05) is 18.7 Å². The molecule has 3 heteroatoms. The van der Waals surface area contributed by atoms with Gasteiger partial charge in [-0.1, -0.05) is 20.8 Å². The van der Waals surface area contributed by atoms with Crippen LogP contribution in [0, 0.1) is 0 Å². The van der Waals surface area contributed by atoms with Crippen LogP contribution in [0.4, 0.5) is 0 Å². The Balaban J connectivity index is 0.000000791. The van der Waals surface area contributed by atoms with E-state index in [9.17, 15) is 4.79 Å². The molecule has 1 fully saturated rings. The first-order valence-corrected chi connectivity index (χ1v) is 5.72. The monoisotopic (exact) mass is 200 g/mol. The summed E-state index contributed by atoms with van der Waals surface area (Å²) in [6.07, 6.45) is 1.21. The van der Waals surface area contributed by atoms with Gasteiger partial charge in [0.25, 0.3) is 0 Å². The fourth-order valence-electron chi connectivity index (χ4n) is 1.60. The molecule has 0 spiro atoms. The average Bonchev–Trinajstić information content (AvgIpc) is 2.22. The van der Waals surface area contributed by atoms with Gasteiger partial charge in [-0.05, 0) is 13.0 Å². The Hall–Kier alpha value is -0.570. The van der Waals surface area contributed by atoms with Crippen LogP contribution in [-0.2, 0) is 4.79 Å². The lowest BCUT2D eigenvalue weighted by Gasteiger charge is -2.33. The lowest BCUT2D eigenvalue weighted by Crippen LogP contribution is -2.48. The first-order chi connectivity index (χ1) is 6.74. The minimum atomic E-state index is 0.214. The molecular weight excluding hydrogens is 176 g/mol.